The van der Waals surface area contributed by atoms with Crippen molar-refractivity contribution in [3.05, 3.63) is 70.9 Å². The van der Waals surface area contributed by atoms with Crippen molar-refractivity contribution in [2.45, 2.75) is 26.0 Å². The van der Waals surface area contributed by atoms with Crippen LogP contribution in [-0.4, -0.2) is 34.8 Å². The average Bonchev–Trinajstić information content (AvgIpc) is 3.11. The first kappa shape index (κ1) is 19.6. The van der Waals surface area contributed by atoms with E-state index in [0.29, 0.717) is 16.1 Å². The van der Waals surface area contributed by atoms with Crippen molar-refractivity contribution in [1.82, 2.24) is 10.3 Å². The second-order valence-electron chi connectivity index (χ2n) is 6.39. The number of amides is 1. The van der Waals surface area contributed by atoms with Gasteiger partial charge in [-0.2, -0.15) is 0 Å². The number of halogens is 1. The zero-order valence-electron chi connectivity index (χ0n) is 15.4. The number of Topliss-reactive ketones (excluding diaryl/α,β-unsaturated/α-hetero) is 1. The highest BCUT2D eigenvalue weighted by atomic mass is 35.5. The summed E-state index contributed by atoms with van der Waals surface area (Å²) in [5.41, 5.74) is 1.65. The van der Waals surface area contributed by atoms with Gasteiger partial charge in [-0.05, 0) is 44.2 Å². The molecule has 1 aromatic heterocycles. The van der Waals surface area contributed by atoms with Gasteiger partial charge in [0.15, 0.2) is 6.10 Å². The Balaban J connectivity index is 1.62. The monoisotopic (exact) mass is 398 g/mol. The molecular formula is C21H19ClN2O4. The molecule has 0 saturated heterocycles. The Hall–Kier alpha value is -3.12. The van der Waals surface area contributed by atoms with Crippen molar-refractivity contribution in [1.29, 1.82) is 0 Å². The van der Waals surface area contributed by atoms with Crippen molar-refractivity contribution in [3.63, 3.8) is 0 Å². The first-order valence-electron chi connectivity index (χ1n) is 8.74. The van der Waals surface area contributed by atoms with Crippen LogP contribution in [0, 0.1) is 0 Å². The second-order valence-corrected chi connectivity index (χ2v) is 6.83. The Morgan fingerprint density at radius 1 is 1.04 bits per heavy atom. The molecule has 0 aliphatic rings. The van der Waals surface area contributed by atoms with Crippen LogP contribution in [0.4, 0.5) is 0 Å². The molecule has 0 unspecified atom stereocenters. The quantitative estimate of drug-likeness (QED) is 0.489. The Morgan fingerprint density at radius 3 is 2.43 bits per heavy atom. The molecule has 2 N–H and O–H groups in total. The summed E-state index contributed by atoms with van der Waals surface area (Å²) in [6, 6.07) is 12.7. The van der Waals surface area contributed by atoms with Gasteiger partial charge in [0.2, 0.25) is 5.78 Å². The SMILES string of the molecule is C[C@H](NC(=O)c1ccc(Cl)cc1)C(=O)O[C@H](C)C(=O)c1c[nH]c2ccccc12. The van der Waals surface area contributed by atoms with E-state index in [4.69, 9.17) is 16.3 Å². The first-order chi connectivity index (χ1) is 13.4. The largest absolute Gasteiger partial charge is 0.453 e. The first-order valence-corrected chi connectivity index (χ1v) is 9.12. The van der Waals surface area contributed by atoms with Crippen LogP contribution in [0.5, 0.6) is 0 Å². The van der Waals surface area contributed by atoms with Gasteiger partial charge in [0, 0.05) is 33.2 Å². The number of para-hydroxylation sites is 1. The highest BCUT2D eigenvalue weighted by molar-refractivity contribution is 6.30. The number of nitrogens with one attached hydrogen (secondary N) is 2. The smallest absolute Gasteiger partial charge is 0.329 e. The molecular weight excluding hydrogens is 380 g/mol. The van der Waals surface area contributed by atoms with Gasteiger partial charge in [-0.1, -0.05) is 29.8 Å². The molecule has 3 rings (SSSR count). The molecule has 1 amide bonds. The van der Waals surface area contributed by atoms with Crippen LogP contribution in [0.25, 0.3) is 10.9 Å². The number of hydrogen-bond acceptors (Lipinski definition) is 4. The second kappa shape index (κ2) is 8.27. The van der Waals surface area contributed by atoms with Crippen LogP contribution >= 0.6 is 11.6 Å². The molecule has 2 aromatic carbocycles. The highest BCUT2D eigenvalue weighted by Gasteiger charge is 2.25. The average molecular weight is 399 g/mol. The van der Waals surface area contributed by atoms with Crippen LogP contribution in [-0.2, 0) is 9.53 Å². The Morgan fingerprint density at radius 2 is 1.71 bits per heavy atom. The van der Waals surface area contributed by atoms with Gasteiger partial charge in [-0.25, -0.2) is 4.79 Å². The molecule has 1 heterocycles. The number of esters is 1. The van der Waals surface area contributed by atoms with E-state index in [2.05, 4.69) is 10.3 Å². The predicted molar refractivity (Wildman–Crippen MR) is 107 cm³/mol. The molecule has 0 bridgehead atoms. The third kappa shape index (κ3) is 4.23. The number of aromatic nitrogens is 1. The molecule has 0 radical (unpaired) electrons. The van der Waals surface area contributed by atoms with Gasteiger partial charge in [0.05, 0.1) is 0 Å². The number of H-pyrrole nitrogens is 1. The lowest BCUT2D eigenvalue weighted by Crippen LogP contribution is -2.41. The molecule has 0 saturated carbocycles. The van der Waals surface area contributed by atoms with Crippen molar-refractivity contribution in [3.8, 4) is 0 Å². The maximum Gasteiger partial charge on any atom is 0.329 e. The van der Waals surface area contributed by atoms with Gasteiger partial charge in [-0.3, -0.25) is 9.59 Å². The number of aromatic amines is 1. The summed E-state index contributed by atoms with van der Waals surface area (Å²) in [6.07, 6.45) is 0.616. The van der Waals surface area contributed by atoms with Crippen LogP contribution in [0.2, 0.25) is 5.02 Å². The van der Waals surface area contributed by atoms with Gasteiger partial charge in [0.1, 0.15) is 6.04 Å². The Labute approximate surface area is 166 Å². The normalized spacial score (nSPS) is 13.0. The minimum atomic E-state index is -0.985. The van der Waals surface area contributed by atoms with Crippen LogP contribution in [0.1, 0.15) is 34.6 Å². The van der Waals surface area contributed by atoms with Crippen molar-refractivity contribution >= 4 is 40.2 Å². The zero-order chi connectivity index (χ0) is 20.3. The highest BCUT2D eigenvalue weighted by Crippen LogP contribution is 2.20. The standard InChI is InChI=1S/C21H19ClN2O4/c1-12(24-20(26)14-7-9-15(22)10-8-14)21(27)28-13(2)19(25)17-11-23-18-6-4-3-5-16(17)18/h3-13,23H,1-2H3,(H,24,26)/t12-,13+/m0/s1. The minimum Gasteiger partial charge on any atom is -0.453 e. The maximum atomic E-state index is 12.7. The van der Waals surface area contributed by atoms with Gasteiger partial charge in [0.25, 0.3) is 5.91 Å². The van der Waals surface area contributed by atoms with Crippen molar-refractivity contribution in [2.75, 3.05) is 0 Å². The van der Waals surface area contributed by atoms with Crippen LogP contribution in [0.15, 0.2) is 54.7 Å². The number of carbonyl (C=O) groups is 3. The summed E-state index contributed by atoms with van der Waals surface area (Å²) in [5.74, 6) is -1.44. The predicted octanol–water partition coefficient (Wildman–Crippen LogP) is 3.75. The fraction of sp³-hybridized carbons (Fsp3) is 0.190. The van der Waals surface area contributed by atoms with E-state index < -0.39 is 24.0 Å². The zero-order valence-corrected chi connectivity index (χ0v) is 16.1. The number of benzene rings is 2. The number of ether oxygens (including phenoxy) is 1. The third-order valence-electron chi connectivity index (χ3n) is 4.32. The molecule has 0 aliphatic heterocycles. The number of carbonyl (C=O) groups excluding carboxylic acids is 3. The molecule has 3 aromatic rings. The summed E-state index contributed by atoms with van der Waals surface area (Å²) in [5, 5.41) is 3.82. The van der Waals surface area contributed by atoms with E-state index >= 15 is 0 Å². The van der Waals surface area contributed by atoms with E-state index in [9.17, 15) is 14.4 Å². The van der Waals surface area contributed by atoms with E-state index in [-0.39, 0.29) is 5.78 Å². The number of ketones is 1. The molecule has 144 valence electrons. The van der Waals surface area contributed by atoms with E-state index in [1.807, 2.05) is 24.3 Å². The lowest BCUT2D eigenvalue weighted by atomic mass is 10.1. The van der Waals surface area contributed by atoms with E-state index in [1.54, 1.807) is 30.5 Å². The summed E-state index contributed by atoms with van der Waals surface area (Å²) in [7, 11) is 0. The summed E-state index contributed by atoms with van der Waals surface area (Å²) in [6.45, 7) is 3.01. The molecule has 0 fully saturated rings. The van der Waals surface area contributed by atoms with Gasteiger partial charge >= 0.3 is 5.97 Å². The van der Waals surface area contributed by atoms with Gasteiger partial charge < -0.3 is 15.0 Å². The van der Waals surface area contributed by atoms with Crippen LogP contribution < -0.4 is 5.32 Å². The summed E-state index contributed by atoms with van der Waals surface area (Å²) in [4.78, 5) is 40.2. The molecule has 7 heteroatoms. The lowest BCUT2D eigenvalue weighted by molar-refractivity contribution is -0.148. The van der Waals surface area contributed by atoms with E-state index in [1.165, 1.54) is 13.8 Å². The molecule has 0 spiro atoms. The van der Waals surface area contributed by atoms with Crippen molar-refractivity contribution < 1.29 is 19.1 Å². The third-order valence-corrected chi connectivity index (χ3v) is 4.58. The fourth-order valence-corrected chi connectivity index (χ4v) is 2.89. The lowest BCUT2D eigenvalue weighted by Gasteiger charge is -2.17. The summed E-state index contributed by atoms with van der Waals surface area (Å²) >= 11 is 5.80. The molecule has 0 aliphatic carbocycles. The number of fused-ring (bicyclic) bond motifs is 1. The number of rotatable bonds is 6. The fourth-order valence-electron chi connectivity index (χ4n) is 2.76. The Kier molecular flexibility index (Phi) is 5.80. The topological polar surface area (TPSA) is 88.3 Å². The van der Waals surface area contributed by atoms with Crippen LogP contribution in [0.3, 0.4) is 0 Å². The molecule has 6 nitrogen and oxygen atoms in total. The molecule has 2 atom stereocenters. The minimum absolute atomic E-state index is 0.318. The Bertz CT molecular complexity index is 1030. The number of hydrogen-bond donors (Lipinski definition) is 2. The molecule has 28 heavy (non-hydrogen) atoms. The van der Waals surface area contributed by atoms with Gasteiger partial charge in [-0.15, -0.1) is 0 Å². The maximum absolute atomic E-state index is 12.7. The van der Waals surface area contributed by atoms with E-state index in [0.717, 1.165) is 10.9 Å². The summed E-state index contributed by atoms with van der Waals surface area (Å²) < 4.78 is 5.26. The van der Waals surface area contributed by atoms with Crippen molar-refractivity contribution in [2.24, 2.45) is 0 Å².